The number of nitrogens with one attached hydrogen (secondary N) is 1. The number of amides is 1. The number of carbonyl (C=O) groups is 2. The second-order valence-corrected chi connectivity index (χ2v) is 6.20. The van der Waals surface area contributed by atoms with Crippen molar-refractivity contribution >= 4 is 21.9 Å². The third kappa shape index (κ3) is 5.08. The van der Waals surface area contributed by atoms with Gasteiger partial charge in [-0.25, -0.2) is 22.7 Å². The zero-order chi connectivity index (χ0) is 16.9. The molecule has 1 amide bonds. The average molecular weight is 332 g/mol. The summed E-state index contributed by atoms with van der Waals surface area (Å²) in [5, 5.41) is 7.46. The van der Waals surface area contributed by atoms with Crippen LogP contribution in [-0.2, 0) is 19.6 Å². The lowest BCUT2D eigenvalue weighted by molar-refractivity contribution is -0.124. The highest BCUT2D eigenvalue weighted by Gasteiger charge is 2.19. The number of halogens is 1. The van der Waals surface area contributed by atoms with E-state index in [1.165, 1.54) is 0 Å². The van der Waals surface area contributed by atoms with E-state index in [-0.39, 0.29) is 6.04 Å². The average Bonchev–Trinajstić information content (AvgIpc) is 2.43. The number of sulfonamides is 1. The highest BCUT2D eigenvalue weighted by Crippen LogP contribution is 2.15. The molecule has 1 atom stereocenters. The maximum absolute atomic E-state index is 13.6. The first-order chi connectivity index (χ1) is 10.1. The highest BCUT2D eigenvalue weighted by atomic mass is 32.2. The molecule has 0 aliphatic rings. The van der Waals surface area contributed by atoms with Crippen LogP contribution < -0.4 is 10.5 Å². The molecule has 0 aromatic heterocycles. The van der Waals surface area contributed by atoms with Gasteiger partial charge in [-0.2, -0.15) is 0 Å². The van der Waals surface area contributed by atoms with Gasteiger partial charge < -0.3 is 10.1 Å². The number of primary sulfonamides is 1. The van der Waals surface area contributed by atoms with Crippen molar-refractivity contribution in [3.63, 3.8) is 0 Å². The zero-order valence-corrected chi connectivity index (χ0v) is 12.9. The van der Waals surface area contributed by atoms with Crippen molar-refractivity contribution in [2.75, 3.05) is 6.61 Å². The van der Waals surface area contributed by atoms with Gasteiger partial charge in [0.2, 0.25) is 10.0 Å². The summed E-state index contributed by atoms with van der Waals surface area (Å²) >= 11 is 0. The van der Waals surface area contributed by atoms with E-state index in [4.69, 9.17) is 5.14 Å². The summed E-state index contributed by atoms with van der Waals surface area (Å²) in [7, 11) is -4.08. The zero-order valence-electron chi connectivity index (χ0n) is 12.1. The predicted octanol–water partition coefficient (Wildman–Crippen LogP) is 0.545. The molecule has 122 valence electrons. The Bertz CT molecular complexity index is 675. The van der Waals surface area contributed by atoms with Gasteiger partial charge in [0.25, 0.3) is 5.91 Å². The van der Waals surface area contributed by atoms with Gasteiger partial charge >= 0.3 is 5.97 Å². The Morgan fingerprint density at radius 3 is 2.59 bits per heavy atom. The van der Waals surface area contributed by atoms with Crippen LogP contribution in [0.3, 0.4) is 0 Å². The smallest absolute Gasteiger partial charge is 0.341 e. The van der Waals surface area contributed by atoms with E-state index in [1.54, 1.807) is 6.92 Å². The molecular formula is C13H17FN2O5S. The normalized spacial score (nSPS) is 12.5. The van der Waals surface area contributed by atoms with Crippen molar-refractivity contribution in [1.82, 2.24) is 5.32 Å². The fourth-order valence-corrected chi connectivity index (χ4v) is 2.01. The third-order valence-electron chi connectivity index (χ3n) is 2.84. The molecule has 1 aromatic carbocycles. The van der Waals surface area contributed by atoms with Gasteiger partial charge in [-0.15, -0.1) is 0 Å². The van der Waals surface area contributed by atoms with Crippen molar-refractivity contribution in [3.8, 4) is 0 Å². The van der Waals surface area contributed by atoms with E-state index in [9.17, 15) is 22.4 Å². The van der Waals surface area contributed by atoms with Gasteiger partial charge in [0.15, 0.2) is 6.61 Å². The van der Waals surface area contributed by atoms with Gasteiger partial charge in [0.05, 0.1) is 10.5 Å². The molecule has 0 fully saturated rings. The van der Waals surface area contributed by atoms with Crippen LogP contribution in [0.1, 0.15) is 30.6 Å². The summed E-state index contributed by atoms with van der Waals surface area (Å²) in [6.45, 7) is 3.04. The van der Waals surface area contributed by atoms with E-state index >= 15 is 0 Å². The molecule has 3 N–H and O–H groups in total. The summed E-state index contributed by atoms with van der Waals surface area (Å²) in [6, 6.07) is 2.39. The van der Waals surface area contributed by atoms with Crippen LogP contribution >= 0.6 is 0 Å². The van der Waals surface area contributed by atoms with Gasteiger partial charge in [0.1, 0.15) is 5.82 Å². The summed E-state index contributed by atoms with van der Waals surface area (Å²) < 4.78 is 40.6. The SMILES string of the molecule is CCC(C)NC(=O)COC(=O)c1cc(S(N)(=O)=O)ccc1F. The van der Waals surface area contributed by atoms with Gasteiger partial charge in [-0.3, -0.25) is 4.79 Å². The van der Waals surface area contributed by atoms with Crippen LogP contribution in [0.15, 0.2) is 23.1 Å². The van der Waals surface area contributed by atoms with E-state index in [2.05, 4.69) is 10.1 Å². The summed E-state index contributed by atoms with van der Waals surface area (Å²) in [5.74, 6) is -2.66. The Morgan fingerprint density at radius 1 is 1.41 bits per heavy atom. The lowest BCUT2D eigenvalue weighted by atomic mass is 10.2. The Hall–Kier alpha value is -2.00. The van der Waals surface area contributed by atoms with E-state index in [0.717, 1.165) is 18.2 Å². The number of hydrogen-bond donors (Lipinski definition) is 2. The maximum atomic E-state index is 13.6. The minimum absolute atomic E-state index is 0.0892. The van der Waals surface area contributed by atoms with Crippen LogP contribution in [0.4, 0.5) is 4.39 Å². The monoisotopic (exact) mass is 332 g/mol. The Labute approximate surface area is 127 Å². The fraction of sp³-hybridized carbons (Fsp3) is 0.385. The van der Waals surface area contributed by atoms with Crippen LogP contribution in [0.25, 0.3) is 0 Å². The summed E-state index contributed by atoms with van der Waals surface area (Å²) in [4.78, 5) is 22.8. The Kier molecular flexibility index (Phi) is 6.01. The van der Waals surface area contributed by atoms with Crippen molar-refractivity contribution in [3.05, 3.63) is 29.6 Å². The number of carbonyl (C=O) groups excluding carboxylic acids is 2. The van der Waals surface area contributed by atoms with E-state index in [0.29, 0.717) is 6.42 Å². The van der Waals surface area contributed by atoms with Crippen LogP contribution in [0, 0.1) is 5.82 Å². The Balaban J connectivity index is 2.80. The minimum atomic E-state index is -4.08. The largest absolute Gasteiger partial charge is 0.452 e. The van der Waals surface area contributed by atoms with Gasteiger partial charge in [-0.05, 0) is 31.5 Å². The number of benzene rings is 1. The fourth-order valence-electron chi connectivity index (χ4n) is 1.47. The maximum Gasteiger partial charge on any atom is 0.341 e. The van der Waals surface area contributed by atoms with Crippen molar-refractivity contribution in [2.24, 2.45) is 5.14 Å². The molecule has 0 aliphatic carbocycles. The Morgan fingerprint density at radius 2 is 2.05 bits per heavy atom. The number of ether oxygens (including phenoxy) is 1. The molecule has 0 bridgehead atoms. The van der Waals surface area contributed by atoms with Crippen LogP contribution in [0.2, 0.25) is 0 Å². The third-order valence-corrected chi connectivity index (χ3v) is 3.75. The lowest BCUT2D eigenvalue weighted by Gasteiger charge is -2.11. The number of hydrogen-bond acceptors (Lipinski definition) is 5. The molecule has 1 rings (SSSR count). The standard InChI is InChI=1S/C13H17FN2O5S/c1-3-8(2)16-12(17)7-21-13(18)10-6-9(22(15,19)20)4-5-11(10)14/h4-6,8H,3,7H2,1-2H3,(H,16,17)(H2,15,19,20). The highest BCUT2D eigenvalue weighted by molar-refractivity contribution is 7.89. The second kappa shape index (κ2) is 7.32. The van der Waals surface area contributed by atoms with Crippen LogP contribution in [0.5, 0.6) is 0 Å². The molecule has 0 saturated heterocycles. The molecule has 7 nitrogen and oxygen atoms in total. The summed E-state index contributed by atoms with van der Waals surface area (Å²) in [5.41, 5.74) is -0.608. The van der Waals surface area contributed by atoms with Crippen LogP contribution in [-0.4, -0.2) is 32.9 Å². The predicted molar refractivity (Wildman–Crippen MR) is 76.0 cm³/mol. The second-order valence-electron chi connectivity index (χ2n) is 4.64. The first-order valence-electron chi connectivity index (χ1n) is 6.44. The lowest BCUT2D eigenvalue weighted by Crippen LogP contribution is -2.35. The minimum Gasteiger partial charge on any atom is -0.452 e. The molecule has 22 heavy (non-hydrogen) atoms. The molecule has 0 spiro atoms. The molecule has 0 heterocycles. The quantitative estimate of drug-likeness (QED) is 0.738. The first-order valence-corrected chi connectivity index (χ1v) is 7.98. The van der Waals surface area contributed by atoms with Gasteiger partial charge in [0, 0.05) is 6.04 Å². The molecule has 0 saturated carbocycles. The van der Waals surface area contributed by atoms with Crippen molar-refractivity contribution in [2.45, 2.75) is 31.2 Å². The molecule has 1 unspecified atom stereocenters. The summed E-state index contributed by atoms with van der Waals surface area (Å²) in [6.07, 6.45) is 0.699. The number of nitrogens with two attached hydrogens (primary N) is 1. The first kappa shape index (κ1) is 18.1. The van der Waals surface area contributed by atoms with Gasteiger partial charge in [-0.1, -0.05) is 6.92 Å². The van der Waals surface area contributed by atoms with E-state index in [1.807, 2.05) is 6.92 Å². The molecule has 0 aliphatic heterocycles. The topological polar surface area (TPSA) is 116 Å². The molecule has 9 heteroatoms. The van der Waals surface area contributed by atoms with Crippen molar-refractivity contribution < 1.29 is 27.1 Å². The van der Waals surface area contributed by atoms with E-state index < -0.39 is 44.8 Å². The number of esters is 1. The molecule has 1 aromatic rings. The number of rotatable bonds is 6. The molecule has 0 radical (unpaired) electrons. The van der Waals surface area contributed by atoms with Crippen molar-refractivity contribution in [1.29, 1.82) is 0 Å². The molecular weight excluding hydrogens is 315 g/mol.